The summed E-state index contributed by atoms with van der Waals surface area (Å²) in [5.74, 6) is 2.03. The number of carbonyl (C=O) groups excluding carboxylic acids is 2. The molecule has 0 saturated heterocycles. The number of nitrogens with zero attached hydrogens (tertiary/aromatic N) is 3. The molecule has 7 nitrogen and oxygen atoms in total. The number of anilines is 1. The highest BCUT2D eigenvalue weighted by Crippen LogP contribution is 2.54. The van der Waals surface area contributed by atoms with Crippen LogP contribution in [0, 0.1) is 5.92 Å². The summed E-state index contributed by atoms with van der Waals surface area (Å²) < 4.78 is 7.01. The van der Waals surface area contributed by atoms with E-state index in [-0.39, 0.29) is 17.6 Å². The summed E-state index contributed by atoms with van der Waals surface area (Å²) in [6, 6.07) is 10.5. The van der Waals surface area contributed by atoms with Gasteiger partial charge in [0.1, 0.15) is 10.8 Å². The van der Waals surface area contributed by atoms with Crippen LogP contribution in [-0.2, 0) is 29.4 Å². The van der Waals surface area contributed by atoms with Gasteiger partial charge < -0.3 is 14.6 Å². The van der Waals surface area contributed by atoms with E-state index in [1.807, 2.05) is 17.7 Å². The Hall–Kier alpha value is -2.65. The van der Waals surface area contributed by atoms with Crippen molar-refractivity contribution in [2.75, 3.05) is 18.2 Å². The van der Waals surface area contributed by atoms with Crippen molar-refractivity contribution in [3.8, 4) is 0 Å². The molecule has 3 aromatic rings. The van der Waals surface area contributed by atoms with Gasteiger partial charge in [0.2, 0.25) is 5.91 Å². The number of methoxy groups -OCH3 is 1. The molecule has 2 aliphatic carbocycles. The average Bonchev–Trinajstić information content (AvgIpc) is 3.43. The zero-order valence-corrected chi connectivity index (χ0v) is 21.2. The number of hydrogen-bond donors (Lipinski definition) is 1. The van der Waals surface area contributed by atoms with Gasteiger partial charge in [0.15, 0.2) is 5.16 Å². The van der Waals surface area contributed by atoms with Gasteiger partial charge in [0.05, 0.1) is 18.4 Å². The van der Waals surface area contributed by atoms with Crippen molar-refractivity contribution in [1.82, 2.24) is 14.8 Å². The Bertz CT molecular complexity index is 1220. The van der Waals surface area contributed by atoms with Gasteiger partial charge in [0.25, 0.3) is 0 Å². The molecule has 178 valence electrons. The van der Waals surface area contributed by atoms with Crippen molar-refractivity contribution in [2.24, 2.45) is 13.0 Å². The largest absolute Gasteiger partial charge is 0.465 e. The molecule has 34 heavy (non-hydrogen) atoms. The van der Waals surface area contributed by atoms with Gasteiger partial charge in [-0.2, -0.15) is 0 Å². The maximum Gasteiger partial charge on any atom is 0.341 e. The molecule has 5 rings (SSSR count). The van der Waals surface area contributed by atoms with Crippen LogP contribution in [0.25, 0.3) is 0 Å². The summed E-state index contributed by atoms with van der Waals surface area (Å²) in [5, 5.41) is 13.0. The lowest BCUT2D eigenvalue weighted by Gasteiger charge is -2.18. The molecule has 1 amide bonds. The van der Waals surface area contributed by atoms with Crippen molar-refractivity contribution in [3.63, 3.8) is 0 Å². The van der Waals surface area contributed by atoms with Crippen LogP contribution < -0.4 is 5.32 Å². The van der Waals surface area contributed by atoms with E-state index in [1.54, 1.807) is 0 Å². The van der Waals surface area contributed by atoms with Crippen LogP contribution in [0.1, 0.15) is 63.8 Å². The van der Waals surface area contributed by atoms with E-state index in [2.05, 4.69) is 46.7 Å². The van der Waals surface area contributed by atoms with Gasteiger partial charge in [-0.1, -0.05) is 49.0 Å². The smallest absolute Gasteiger partial charge is 0.341 e. The lowest BCUT2D eigenvalue weighted by molar-refractivity contribution is -0.113. The number of thioether (sulfide) groups is 1. The van der Waals surface area contributed by atoms with Crippen LogP contribution in [0.3, 0.4) is 0 Å². The van der Waals surface area contributed by atoms with Crippen LogP contribution in [0.15, 0.2) is 35.5 Å². The maximum atomic E-state index is 12.8. The van der Waals surface area contributed by atoms with Gasteiger partial charge in [-0.25, -0.2) is 4.79 Å². The van der Waals surface area contributed by atoms with Crippen molar-refractivity contribution in [3.05, 3.63) is 57.7 Å². The first-order valence-corrected chi connectivity index (χ1v) is 13.4. The van der Waals surface area contributed by atoms with Crippen LogP contribution in [0.2, 0.25) is 0 Å². The SMILES string of the molecule is COC(=O)c1c(NC(=O)CSc2nnc(C3CC3c3ccccc3)n2C)sc2c1CCC(C)C2. The quantitative estimate of drug-likeness (QED) is 0.374. The summed E-state index contributed by atoms with van der Waals surface area (Å²) >= 11 is 2.86. The van der Waals surface area contributed by atoms with Crippen molar-refractivity contribution in [1.29, 1.82) is 0 Å². The minimum absolute atomic E-state index is 0.167. The molecule has 0 aliphatic heterocycles. The Kier molecular flexibility index (Phi) is 6.48. The zero-order chi connectivity index (χ0) is 23.8. The Morgan fingerprint density at radius 2 is 2.03 bits per heavy atom. The lowest BCUT2D eigenvalue weighted by atomic mass is 9.88. The van der Waals surface area contributed by atoms with Crippen LogP contribution >= 0.6 is 23.1 Å². The number of esters is 1. The van der Waals surface area contributed by atoms with E-state index < -0.39 is 0 Å². The number of hydrogen-bond acceptors (Lipinski definition) is 7. The summed E-state index contributed by atoms with van der Waals surface area (Å²) in [6.45, 7) is 2.22. The van der Waals surface area contributed by atoms with E-state index in [9.17, 15) is 9.59 Å². The second kappa shape index (κ2) is 9.54. The minimum Gasteiger partial charge on any atom is -0.465 e. The number of amides is 1. The number of ether oxygens (including phenoxy) is 1. The van der Waals surface area contributed by atoms with Gasteiger partial charge in [0, 0.05) is 17.8 Å². The molecule has 1 N–H and O–H groups in total. The molecule has 1 saturated carbocycles. The van der Waals surface area contributed by atoms with Gasteiger partial charge >= 0.3 is 5.97 Å². The van der Waals surface area contributed by atoms with Crippen molar-refractivity contribution >= 4 is 40.0 Å². The molecule has 3 atom stereocenters. The molecule has 0 bridgehead atoms. The third-order valence-corrected chi connectivity index (χ3v) is 8.89. The molecule has 1 aromatic carbocycles. The molecule has 2 heterocycles. The van der Waals surface area contributed by atoms with Crippen LogP contribution in [0.4, 0.5) is 5.00 Å². The van der Waals surface area contributed by atoms with Crippen molar-refractivity contribution < 1.29 is 14.3 Å². The first kappa shape index (κ1) is 23.1. The summed E-state index contributed by atoms with van der Waals surface area (Å²) in [7, 11) is 3.34. The fraction of sp³-hybridized carbons (Fsp3) is 0.440. The Morgan fingerprint density at radius 3 is 2.79 bits per heavy atom. The predicted octanol–water partition coefficient (Wildman–Crippen LogP) is 4.79. The van der Waals surface area contributed by atoms with E-state index >= 15 is 0 Å². The Balaban J connectivity index is 1.24. The van der Waals surface area contributed by atoms with Crippen molar-refractivity contribution in [2.45, 2.75) is 49.6 Å². The van der Waals surface area contributed by atoms with Gasteiger partial charge in [-0.15, -0.1) is 21.5 Å². The number of thiophene rings is 1. The number of benzene rings is 1. The number of nitrogens with one attached hydrogen (secondary N) is 1. The van der Waals surface area contributed by atoms with E-state index in [1.165, 1.54) is 40.6 Å². The summed E-state index contributed by atoms with van der Waals surface area (Å²) in [5.41, 5.74) is 2.89. The number of aromatic nitrogens is 3. The molecule has 0 spiro atoms. The van der Waals surface area contributed by atoms with E-state index in [4.69, 9.17) is 4.74 Å². The van der Waals surface area contributed by atoms with E-state index in [0.717, 1.165) is 42.2 Å². The number of rotatable bonds is 7. The molecule has 1 fully saturated rings. The van der Waals surface area contributed by atoms with E-state index in [0.29, 0.717) is 28.3 Å². The predicted molar refractivity (Wildman–Crippen MR) is 134 cm³/mol. The molecule has 0 radical (unpaired) electrons. The van der Waals surface area contributed by atoms with Gasteiger partial charge in [-0.05, 0) is 48.6 Å². The first-order valence-electron chi connectivity index (χ1n) is 11.6. The van der Waals surface area contributed by atoms with Gasteiger partial charge in [-0.3, -0.25) is 4.79 Å². The second-order valence-electron chi connectivity index (χ2n) is 9.14. The molecular weight excluding hydrogens is 468 g/mol. The van der Waals surface area contributed by atoms with Crippen LogP contribution in [0.5, 0.6) is 0 Å². The number of fused-ring (bicyclic) bond motifs is 1. The fourth-order valence-corrected chi connectivity index (χ4v) is 6.91. The third kappa shape index (κ3) is 4.51. The topological polar surface area (TPSA) is 86.1 Å². The Morgan fingerprint density at radius 1 is 1.24 bits per heavy atom. The standard InChI is InChI=1S/C25H28N4O3S2/c1-14-9-10-16-19(11-14)34-23(21(16)24(31)32-3)26-20(30)13-33-25-28-27-22(29(25)2)18-12-17(18)15-7-5-4-6-8-15/h4-8,14,17-18H,9-13H2,1-3H3,(H,26,30). The Labute approximate surface area is 207 Å². The second-order valence-corrected chi connectivity index (χ2v) is 11.2. The molecule has 2 aliphatic rings. The molecule has 9 heteroatoms. The monoisotopic (exact) mass is 496 g/mol. The maximum absolute atomic E-state index is 12.8. The minimum atomic E-state index is -0.384. The normalized spacial score (nSPS) is 21.1. The highest BCUT2D eigenvalue weighted by Gasteiger charge is 2.43. The molecule has 3 unspecified atom stereocenters. The summed E-state index contributed by atoms with van der Waals surface area (Å²) in [4.78, 5) is 26.4. The zero-order valence-electron chi connectivity index (χ0n) is 19.5. The third-order valence-electron chi connectivity index (χ3n) is 6.70. The lowest BCUT2D eigenvalue weighted by Crippen LogP contribution is -2.17. The highest BCUT2D eigenvalue weighted by molar-refractivity contribution is 7.99. The number of carbonyl (C=O) groups is 2. The summed E-state index contributed by atoms with van der Waals surface area (Å²) in [6.07, 6.45) is 3.88. The fourth-order valence-electron chi connectivity index (χ4n) is 4.77. The molecular formula is C25H28N4O3S2. The highest BCUT2D eigenvalue weighted by atomic mass is 32.2. The molecule has 2 aromatic heterocycles. The average molecular weight is 497 g/mol. The first-order chi connectivity index (χ1) is 16.5. The van der Waals surface area contributed by atoms with Crippen LogP contribution in [-0.4, -0.2) is 39.5 Å².